The molecule has 2 amide bonds. The van der Waals surface area contributed by atoms with Gasteiger partial charge in [-0.3, -0.25) is 14.5 Å². The summed E-state index contributed by atoms with van der Waals surface area (Å²) < 4.78 is 1.76. The molecule has 3 N–H and O–H groups in total. The van der Waals surface area contributed by atoms with Gasteiger partial charge in [0.2, 0.25) is 5.91 Å². The van der Waals surface area contributed by atoms with Crippen LogP contribution in [0, 0.1) is 13.8 Å². The third-order valence-electron chi connectivity index (χ3n) is 5.84. The first kappa shape index (κ1) is 22.0. The molecule has 1 aliphatic heterocycles. The van der Waals surface area contributed by atoms with Gasteiger partial charge in [-0.1, -0.05) is 23.7 Å². The number of amides is 2. The summed E-state index contributed by atoms with van der Waals surface area (Å²) in [6, 6.07) is 14.7. The SMILES string of the molecule is Cc1nn(-c2ccc(C(=O)Nc3cccc(CN4CCCC4C(N)=O)c3)cc2)c(C)c1Cl. The summed E-state index contributed by atoms with van der Waals surface area (Å²) in [5, 5.41) is 8.03. The predicted octanol–water partition coefficient (Wildman–Crippen LogP) is 3.84. The Morgan fingerprint density at radius 3 is 2.59 bits per heavy atom. The summed E-state index contributed by atoms with van der Waals surface area (Å²) in [7, 11) is 0. The number of carbonyl (C=O) groups excluding carboxylic acids is 2. The largest absolute Gasteiger partial charge is 0.368 e. The van der Waals surface area contributed by atoms with Gasteiger partial charge in [0.05, 0.1) is 28.1 Å². The Morgan fingerprint density at radius 2 is 1.94 bits per heavy atom. The summed E-state index contributed by atoms with van der Waals surface area (Å²) in [5.41, 5.74) is 10.2. The van der Waals surface area contributed by atoms with Crippen LogP contribution in [-0.4, -0.2) is 39.1 Å². The maximum atomic E-state index is 12.8. The Labute approximate surface area is 192 Å². The molecule has 1 aliphatic rings. The van der Waals surface area contributed by atoms with E-state index in [2.05, 4.69) is 15.3 Å². The highest BCUT2D eigenvalue weighted by atomic mass is 35.5. The van der Waals surface area contributed by atoms with Crippen molar-refractivity contribution in [1.82, 2.24) is 14.7 Å². The van der Waals surface area contributed by atoms with Gasteiger partial charge >= 0.3 is 0 Å². The number of rotatable bonds is 6. The van der Waals surface area contributed by atoms with Crippen LogP contribution in [0.4, 0.5) is 5.69 Å². The van der Waals surface area contributed by atoms with Crippen LogP contribution in [0.5, 0.6) is 0 Å². The van der Waals surface area contributed by atoms with Crippen LogP contribution >= 0.6 is 11.6 Å². The molecule has 1 saturated heterocycles. The van der Waals surface area contributed by atoms with Crippen molar-refractivity contribution in [3.8, 4) is 5.69 Å². The minimum Gasteiger partial charge on any atom is -0.368 e. The molecule has 7 nitrogen and oxygen atoms in total. The van der Waals surface area contributed by atoms with E-state index in [1.165, 1.54) is 0 Å². The molecule has 0 aliphatic carbocycles. The molecule has 1 atom stereocenters. The number of halogens is 1. The average Bonchev–Trinajstić information content (AvgIpc) is 3.34. The van der Waals surface area contributed by atoms with Crippen molar-refractivity contribution in [1.29, 1.82) is 0 Å². The Kier molecular flexibility index (Phi) is 6.30. The topological polar surface area (TPSA) is 93.2 Å². The number of nitrogens with zero attached hydrogens (tertiary/aromatic N) is 3. The van der Waals surface area contributed by atoms with E-state index < -0.39 is 0 Å². The van der Waals surface area contributed by atoms with Gasteiger partial charge in [0.25, 0.3) is 5.91 Å². The quantitative estimate of drug-likeness (QED) is 0.595. The predicted molar refractivity (Wildman–Crippen MR) is 125 cm³/mol. The number of primary amides is 1. The molecule has 0 spiro atoms. The number of carbonyl (C=O) groups is 2. The number of nitrogens with one attached hydrogen (secondary N) is 1. The van der Waals surface area contributed by atoms with Crippen molar-refractivity contribution in [3.05, 3.63) is 76.1 Å². The first-order valence-electron chi connectivity index (χ1n) is 10.6. The summed E-state index contributed by atoms with van der Waals surface area (Å²) in [5.74, 6) is -0.477. The van der Waals surface area contributed by atoms with E-state index in [4.69, 9.17) is 17.3 Å². The second-order valence-electron chi connectivity index (χ2n) is 8.13. The van der Waals surface area contributed by atoms with Crippen LogP contribution in [0.1, 0.15) is 40.2 Å². The Balaban J connectivity index is 1.44. The molecule has 3 aromatic rings. The van der Waals surface area contributed by atoms with Crippen LogP contribution < -0.4 is 11.1 Å². The number of hydrogen-bond acceptors (Lipinski definition) is 4. The van der Waals surface area contributed by atoms with Crippen molar-refractivity contribution in [2.24, 2.45) is 5.73 Å². The number of hydrogen-bond donors (Lipinski definition) is 2. The summed E-state index contributed by atoms with van der Waals surface area (Å²) >= 11 is 6.24. The Hall–Kier alpha value is -3.16. The van der Waals surface area contributed by atoms with Gasteiger partial charge in [-0.25, -0.2) is 4.68 Å². The lowest BCUT2D eigenvalue weighted by molar-refractivity contribution is -0.122. The zero-order chi connectivity index (χ0) is 22.8. The van der Waals surface area contributed by atoms with Crippen LogP contribution in [0.2, 0.25) is 5.02 Å². The molecule has 1 aromatic heterocycles. The van der Waals surface area contributed by atoms with Gasteiger partial charge in [-0.15, -0.1) is 0 Å². The molecular weight excluding hydrogens is 426 g/mol. The fourth-order valence-electron chi connectivity index (χ4n) is 4.15. The highest BCUT2D eigenvalue weighted by Crippen LogP contribution is 2.23. The number of anilines is 1. The van der Waals surface area contributed by atoms with E-state index in [9.17, 15) is 9.59 Å². The molecular formula is C24H26ClN5O2. The second-order valence-corrected chi connectivity index (χ2v) is 8.51. The first-order chi connectivity index (χ1) is 15.3. The summed E-state index contributed by atoms with van der Waals surface area (Å²) in [6.45, 7) is 5.23. The average molecular weight is 452 g/mol. The smallest absolute Gasteiger partial charge is 0.255 e. The number of nitrogens with two attached hydrogens (primary N) is 1. The van der Waals surface area contributed by atoms with Crippen molar-refractivity contribution in [3.63, 3.8) is 0 Å². The lowest BCUT2D eigenvalue weighted by atomic mass is 10.1. The molecule has 4 rings (SSSR count). The normalized spacial score (nSPS) is 16.3. The van der Waals surface area contributed by atoms with Crippen LogP contribution in [0.3, 0.4) is 0 Å². The minimum atomic E-state index is -0.279. The third-order valence-corrected chi connectivity index (χ3v) is 6.39. The van der Waals surface area contributed by atoms with E-state index >= 15 is 0 Å². The second kappa shape index (κ2) is 9.14. The van der Waals surface area contributed by atoms with Crippen molar-refractivity contribution >= 4 is 29.1 Å². The number of benzene rings is 2. The van der Waals surface area contributed by atoms with Crippen molar-refractivity contribution < 1.29 is 9.59 Å². The molecule has 1 unspecified atom stereocenters. The fraction of sp³-hybridized carbons (Fsp3) is 0.292. The van der Waals surface area contributed by atoms with Crippen LogP contribution in [0.25, 0.3) is 5.69 Å². The number of aryl methyl sites for hydroxylation is 1. The van der Waals surface area contributed by atoms with E-state index in [-0.39, 0.29) is 17.9 Å². The van der Waals surface area contributed by atoms with Gasteiger partial charge in [0, 0.05) is 17.8 Å². The molecule has 8 heteroatoms. The molecule has 166 valence electrons. The number of likely N-dealkylation sites (tertiary alicyclic amines) is 1. The molecule has 2 aromatic carbocycles. The number of aromatic nitrogens is 2. The maximum absolute atomic E-state index is 12.8. The van der Waals surface area contributed by atoms with Gasteiger partial charge in [0.1, 0.15) is 0 Å². The summed E-state index contributed by atoms with van der Waals surface area (Å²) in [4.78, 5) is 26.5. The molecule has 32 heavy (non-hydrogen) atoms. The Morgan fingerprint density at radius 1 is 1.19 bits per heavy atom. The molecule has 1 fully saturated rings. The highest BCUT2D eigenvalue weighted by Gasteiger charge is 2.28. The summed E-state index contributed by atoms with van der Waals surface area (Å²) in [6.07, 6.45) is 1.76. The van der Waals surface area contributed by atoms with Gasteiger partial charge < -0.3 is 11.1 Å². The van der Waals surface area contributed by atoms with Crippen LogP contribution in [0.15, 0.2) is 48.5 Å². The zero-order valence-corrected chi connectivity index (χ0v) is 18.9. The molecule has 0 saturated carbocycles. The standard InChI is InChI=1S/C24H26ClN5O2/c1-15-22(25)16(2)30(28-15)20-10-8-18(9-11-20)24(32)27-19-6-3-5-17(13-19)14-29-12-4-7-21(29)23(26)31/h3,5-6,8-11,13,21H,4,7,12,14H2,1-2H3,(H2,26,31)(H,27,32). The zero-order valence-electron chi connectivity index (χ0n) is 18.1. The van der Waals surface area contributed by atoms with Crippen LogP contribution in [-0.2, 0) is 11.3 Å². The lowest BCUT2D eigenvalue weighted by Gasteiger charge is -2.22. The first-order valence-corrected chi connectivity index (χ1v) is 11.0. The van der Waals surface area contributed by atoms with Crippen molar-refractivity contribution in [2.75, 3.05) is 11.9 Å². The molecule has 0 radical (unpaired) electrons. The van der Waals surface area contributed by atoms with E-state index in [1.54, 1.807) is 16.8 Å². The third kappa shape index (κ3) is 4.54. The molecule has 0 bridgehead atoms. The molecule has 2 heterocycles. The lowest BCUT2D eigenvalue weighted by Crippen LogP contribution is -2.39. The maximum Gasteiger partial charge on any atom is 0.255 e. The minimum absolute atomic E-state index is 0.198. The highest BCUT2D eigenvalue weighted by molar-refractivity contribution is 6.31. The van der Waals surface area contributed by atoms with E-state index in [1.807, 2.05) is 50.2 Å². The monoisotopic (exact) mass is 451 g/mol. The van der Waals surface area contributed by atoms with Gasteiger partial charge in [-0.2, -0.15) is 5.10 Å². The van der Waals surface area contributed by atoms with E-state index in [0.29, 0.717) is 22.8 Å². The van der Waals surface area contributed by atoms with Gasteiger partial charge in [-0.05, 0) is 75.2 Å². The van der Waals surface area contributed by atoms with Crippen molar-refractivity contribution in [2.45, 2.75) is 39.3 Å². The fourth-order valence-corrected chi connectivity index (χ4v) is 4.27. The van der Waals surface area contributed by atoms with Gasteiger partial charge in [0.15, 0.2) is 0 Å². The van der Waals surface area contributed by atoms with E-state index in [0.717, 1.165) is 42.0 Å². The Bertz CT molecular complexity index is 1160.